The summed E-state index contributed by atoms with van der Waals surface area (Å²) in [4.78, 5) is 10.4. The molecule has 0 amide bonds. The Morgan fingerprint density at radius 1 is 1.47 bits per heavy atom. The lowest BCUT2D eigenvalue weighted by Gasteiger charge is -2.10. The van der Waals surface area contributed by atoms with Crippen LogP contribution in [0.2, 0.25) is 0 Å². The van der Waals surface area contributed by atoms with Gasteiger partial charge in [-0.05, 0) is 26.8 Å². The molecule has 0 saturated heterocycles. The molecule has 0 unspecified atom stereocenters. The van der Waals surface area contributed by atoms with Crippen LogP contribution in [0, 0.1) is 13.8 Å². The molecule has 0 saturated carbocycles. The average molecular weight is 285 g/mol. The zero-order chi connectivity index (χ0) is 14.6. The van der Waals surface area contributed by atoms with Crippen LogP contribution in [-0.4, -0.2) is 44.5 Å². The monoisotopic (exact) mass is 285 g/mol. The van der Waals surface area contributed by atoms with Gasteiger partial charge in [-0.25, -0.2) is 9.98 Å². The predicted octanol–water partition coefficient (Wildman–Crippen LogP) is 1.65. The second-order valence-electron chi connectivity index (χ2n) is 4.32. The van der Waals surface area contributed by atoms with Gasteiger partial charge in [0, 0.05) is 19.2 Å². The quantitative estimate of drug-likeness (QED) is 0.467. The number of rotatable bonds is 5. The van der Waals surface area contributed by atoms with E-state index < -0.39 is 10.1 Å². The lowest BCUT2D eigenvalue weighted by molar-refractivity contribution is 0.479. The number of aryl methyl sites for hydroxylation is 2. The van der Waals surface area contributed by atoms with Gasteiger partial charge in [-0.3, -0.25) is 0 Å². The fourth-order valence-electron chi connectivity index (χ4n) is 1.27. The van der Waals surface area contributed by atoms with Crippen molar-refractivity contribution in [1.82, 2.24) is 9.88 Å². The van der Waals surface area contributed by atoms with Crippen LogP contribution in [0.25, 0.3) is 0 Å². The Kier molecular flexibility index (Phi) is 4.88. The second-order valence-corrected chi connectivity index (χ2v) is 5.90. The smallest absolute Gasteiger partial charge is 0.307 e. The molecule has 0 aliphatic heterocycles. The zero-order valence-corrected chi connectivity index (χ0v) is 12.7. The van der Waals surface area contributed by atoms with E-state index in [0.717, 1.165) is 12.8 Å². The van der Waals surface area contributed by atoms with Crippen molar-refractivity contribution in [3.8, 4) is 5.88 Å². The molecule has 0 radical (unpaired) electrons. The minimum absolute atomic E-state index is 0.0998. The molecule has 0 fully saturated rings. The van der Waals surface area contributed by atoms with Gasteiger partial charge in [-0.1, -0.05) is 0 Å². The van der Waals surface area contributed by atoms with E-state index in [1.165, 1.54) is 0 Å². The lowest BCUT2D eigenvalue weighted by atomic mass is 10.2. The summed E-state index contributed by atoms with van der Waals surface area (Å²) in [7, 11) is -1.65. The highest BCUT2D eigenvalue weighted by molar-refractivity contribution is 7.86. The highest BCUT2D eigenvalue weighted by atomic mass is 32.2. The molecular formula is C12H19N3O3S. The number of aromatic nitrogens is 1. The molecule has 1 aromatic heterocycles. The molecule has 0 aliphatic rings. The fraction of sp³-hybridized carbons (Fsp3) is 0.500. The summed E-state index contributed by atoms with van der Waals surface area (Å²) in [5, 5.41) is 0. The SMILES string of the molecule is CCN(C)/C=N/c1cc(C)c(OS(C)(=O)=O)nc1C. The van der Waals surface area contributed by atoms with Crippen LogP contribution in [0.4, 0.5) is 5.69 Å². The van der Waals surface area contributed by atoms with E-state index in [9.17, 15) is 8.42 Å². The first kappa shape index (κ1) is 15.4. The maximum Gasteiger partial charge on any atom is 0.307 e. The Balaban J connectivity index is 3.07. The van der Waals surface area contributed by atoms with Crippen LogP contribution >= 0.6 is 0 Å². The van der Waals surface area contributed by atoms with Gasteiger partial charge in [-0.15, -0.1) is 0 Å². The van der Waals surface area contributed by atoms with Crippen molar-refractivity contribution in [3.05, 3.63) is 17.3 Å². The Morgan fingerprint density at radius 2 is 2.11 bits per heavy atom. The summed E-state index contributed by atoms with van der Waals surface area (Å²) in [6.45, 7) is 6.36. The second kappa shape index (κ2) is 6.01. The first-order valence-electron chi connectivity index (χ1n) is 5.85. The lowest BCUT2D eigenvalue weighted by Crippen LogP contribution is -2.14. The van der Waals surface area contributed by atoms with Crippen molar-refractivity contribution in [2.45, 2.75) is 20.8 Å². The van der Waals surface area contributed by atoms with Crippen molar-refractivity contribution < 1.29 is 12.6 Å². The molecule has 0 spiro atoms. The number of hydrogen-bond acceptors (Lipinski definition) is 5. The Bertz CT molecular complexity index is 582. The number of aliphatic imine (C=N–C) groups is 1. The summed E-state index contributed by atoms with van der Waals surface area (Å²) in [5.74, 6) is 0.0998. The first-order chi connectivity index (χ1) is 8.73. The maximum absolute atomic E-state index is 11.1. The highest BCUT2D eigenvalue weighted by Crippen LogP contribution is 2.25. The number of pyridine rings is 1. The van der Waals surface area contributed by atoms with Gasteiger partial charge >= 0.3 is 10.1 Å². The van der Waals surface area contributed by atoms with Crippen molar-refractivity contribution >= 4 is 22.1 Å². The normalized spacial score (nSPS) is 11.8. The summed E-state index contributed by atoms with van der Waals surface area (Å²) < 4.78 is 27.0. The average Bonchev–Trinajstić information content (AvgIpc) is 2.29. The van der Waals surface area contributed by atoms with E-state index in [-0.39, 0.29) is 5.88 Å². The zero-order valence-electron chi connectivity index (χ0n) is 11.8. The van der Waals surface area contributed by atoms with Crippen LogP contribution in [-0.2, 0) is 10.1 Å². The van der Waals surface area contributed by atoms with Gasteiger partial charge in [0.15, 0.2) is 0 Å². The van der Waals surface area contributed by atoms with Gasteiger partial charge < -0.3 is 9.08 Å². The van der Waals surface area contributed by atoms with Gasteiger partial charge in [0.1, 0.15) is 0 Å². The molecule has 0 N–H and O–H groups in total. The van der Waals surface area contributed by atoms with Gasteiger partial charge in [0.05, 0.1) is 24.0 Å². The van der Waals surface area contributed by atoms with E-state index in [1.54, 1.807) is 26.3 Å². The van der Waals surface area contributed by atoms with Crippen LogP contribution in [0.5, 0.6) is 5.88 Å². The van der Waals surface area contributed by atoms with Crippen molar-refractivity contribution in [2.24, 2.45) is 4.99 Å². The predicted molar refractivity (Wildman–Crippen MR) is 75.6 cm³/mol. The Hall–Kier alpha value is -1.63. The third kappa shape index (κ3) is 4.86. The van der Waals surface area contributed by atoms with Crippen molar-refractivity contribution in [3.63, 3.8) is 0 Å². The highest BCUT2D eigenvalue weighted by Gasteiger charge is 2.11. The largest absolute Gasteiger partial charge is 0.366 e. The molecule has 1 aromatic rings. The molecule has 106 valence electrons. The van der Waals surface area contributed by atoms with Crippen LogP contribution in [0.3, 0.4) is 0 Å². The van der Waals surface area contributed by atoms with E-state index in [4.69, 9.17) is 4.18 Å². The Labute approximate surface area is 114 Å². The summed E-state index contributed by atoms with van der Waals surface area (Å²) in [6.07, 6.45) is 2.70. The topological polar surface area (TPSA) is 71.9 Å². The molecule has 19 heavy (non-hydrogen) atoms. The molecule has 1 heterocycles. The van der Waals surface area contributed by atoms with Crippen LogP contribution in [0.15, 0.2) is 11.1 Å². The molecule has 0 aromatic carbocycles. The molecule has 1 rings (SSSR count). The van der Waals surface area contributed by atoms with Crippen LogP contribution < -0.4 is 4.18 Å². The minimum atomic E-state index is -3.57. The van der Waals surface area contributed by atoms with E-state index in [0.29, 0.717) is 16.9 Å². The number of hydrogen-bond donors (Lipinski definition) is 0. The summed E-state index contributed by atoms with van der Waals surface area (Å²) >= 11 is 0. The Morgan fingerprint density at radius 3 is 2.63 bits per heavy atom. The van der Waals surface area contributed by atoms with Crippen LogP contribution in [0.1, 0.15) is 18.2 Å². The third-order valence-electron chi connectivity index (χ3n) is 2.45. The standard InChI is InChI=1S/C12H19N3O3S/c1-6-15(4)8-13-11-7-9(2)12(14-10(11)3)18-19(5,16)17/h7-8H,6H2,1-5H3/b13-8+. The minimum Gasteiger partial charge on any atom is -0.366 e. The van der Waals surface area contributed by atoms with Crippen molar-refractivity contribution in [1.29, 1.82) is 0 Å². The molecular weight excluding hydrogens is 266 g/mol. The van der Waals surface area contributed by atoms with Gasteiger partial charge in [0.25, 0.3) is 0 Å². The van der Waals surface area contributed by atoms with Gasteiger partial charge in [0.2, 0.25) is 5.88 Å². The van der Waals surface area contributed by atoms with Gasteiger partial charge in [-0.2, -0.15) is 8.42 Å². The molecule has 0 aliphatic carbocycles. The maximum atomic E-state index is 11.1. The molecule has 0 atom stereocenters. The summed E-state index contributed by atoms with van der Waals surface area (Å²) in [6, 6.07) is 1.75. The van der Waals surface area contributed by atoms with E-state index >= 15 is 0 Å². The molecule has 0 bridgehead atoms. The number of nitrogens with zero attached hydrogens (tertiary/aromatic N) is 3. The van der Waals surface area contributed by atoms with E-state index in [1.807, 2.05) is 18.9 Å². The van der Waals surface area contributed by atoms with E-state index in [2.05, 4.69) is 9.98 Å². The molecule has 7 heteroatoms. The van der Waals surface area contributed by atoms with Crippen molar-refractivity contribution in [2.75, 3.05) is 19.8 Å². The summed E-state index contributed by atoms with van der Waals surface area (Å²) in [5.41, 5.74) is 1.94. The third-order valence-corrected chi connectivity index (χ3v) is 2.91. The fourth-order valence-corrected chi connectivity index (χ4v) is 1.73. The first-order valence-corrected chi connectivity index (χ1v) is 7.66. The molecule has 6 nitrogen and oxygen atoms in total.